The molecule has 1 unspecified atom stereocenters. The van der Waals surface area contributed by atoms with Crippen LogP contribution in [0.1, 0.15) is 43.1 Å². The van der Waals surface area contributed by atoms with Crippen molar-refractivity contribution in [3.05, 3.63) is 35.4 Å². The molecule has 0 aliphatic heterocycles. The van der Waals surface area contributed by atoms with Crippen molar-refractivity contribution in [3.8, 4) is 0 Å². The van der Waals surface area contributed by atoms with Gasteiger partial charge in [-0.15, -0.1) is 0 Å². The molecule has 0 N–H and O–H groups in total. The summed E-state index contributed by atoms with van der Waals surface area (Å²) in [6, 6.07) is 6.83. The van der Waals surface area contributed by atoms with Crippen molar-refractivity contribution >= 4 is 11.9 Å². The molecule has 110 valence electrons. The second kappa shape index (κ2) is 7.68. The van der Waals surface area contributed by atoms with Crippen LogP contribution in [0.5, 0.6) is 0 Å². The van der Waals surface area contributed by atoms with Crippen LogP contribution in [0.3, 0.4) is 0 Å². The summed E-state index contributed by atoms with van der Waals surface area (Å²) in [6.45, 7) is 6.26. The van der Waals surface area contributed by atoms with Crippen LogP contribution in [0.4, 0.5) is 0 Å². The zero-order valence-corrected chi connectivity index (χ0v) is 12.5. The molecule has 4 nitrogen and oxygen atoms in total. The van der Waals surface area contributed by atoms with E-state index in [1.165, 1.54) is 7.11 Å². The molecule has 0 aromatic heterocycles. The highest BCUT2D eigenvalue weighted by Crippen LogP contribution is 2.14. The molecule has 1 rings (SSSR count). The lowest BCUT2D eigenvalue weighted by Crippen LogP contribution is -2.16. The molecule has 0 aliphatic carbocycles. The second-order valence-corrected chi connectivity index (χ2v) is 5.33. The Morgan fingerprint density at radius 3 is 2.20 bits per heavy atom. The molecule has 1 aromatic rings. The molecule has 0 spiro atoms. The third-order valence-corrected chi connectivity index (χ3v) is 2.98. The molecular weight excluding hydrogens is 256 g/mol. The standard InChI is InChI=1S/C16H22O4/c1-11(2)9-12(3)15(17)20-10-13-5-7-14(8-6-13)16(18)19-4/h5-8,11-12H,9-10H2,1-4H3. The maximum atomic E-state index is 11.8. The Morgan fingerprint density at radius 2 is 1.70 bits per heavy atom. The number of ether oxygens (including phenoxy) is 2. The summed E-state index contributed by atoms with van der Waals surface area (Å²) in [6.07, 6.45) is 0.820. The molecular formula is C16H22O4. The average Bonchev–Trinajstić information content (AvgIpc) is 2.43. The van der Waals surface area contributed by atoms with Gasteiger partial charge in [0.15, 0.2) is 0 Å². The fourth-order valence-electron chi connectivity index (χ4n) is 1.95. The summed E-state index contributed by atoms with van der Waals surface area (Å²) in [5, 5.41) is 0. The molecule has 0 bridgehead atoms. The summed E-state index contributed by atoms with van der Waals surface area (Å²) in [4.78, 5) is 23.1. The predicted molar refractivity (Wildman–Crippen MR) is 76.2 cm³/mol. The summed E-state index contributed by atoms with van der Waals surface area (Å²) < 4.78 is 9.88. The van der Waals surface area contributed by atoms with Gasteiger partial charge in [-0.1, -0.05) is 32.9 Å². The Morgan fingerprint density at radius 1 is 1.10 bits per heavy atom. The summed E-state index contributed by atoms with van der Waals surface area (Å²) >= 11 is 0. The second-order valence-electron chi connectivity index (χ2n) is 5.33. The first kappa shape index (κ1) is 16.2. The monoisotopic (exact) mass is 278 g/mol. The molecule has 0 aliphatic rings. The number of methoxy groups -OCH3 is 1. The van der Waals surface area contributed by atoms with Gasteiger partial charge in [0.05, 0.1) is 18.6 Å². The van der Waals surface area contributed by atoms with Gasteiger partial charge in [-0.2, -0.15) is 0 Å². The van der Waals surface area contributed by atoms with E-state index in [0.29, 0.717) is 11.5 Å². The van der Waals surface area contributed by atoms with E-state index in [9.17, 15) is 9.59 Å². The fourth-order valence-corrected chi connectivity index (χ4v) is 1.95. The minimum atomic E-state index is -0.376. The largest absolute Gasteiger partial charge is 0.465 e. The van der Waals surface area contributed by atoms with Gasteiger partial charge in [-0.3, -0.25) is 4.79 Å². The Labute approximate surface area is 120 Å². The van der Waals surface area contributed by atoms with Crippen LogP contribution in [-0.2, 0) is 20.9 Å². The molecule has 0 saturated carbocycles. The zero-order valence-electron chi connectivity index (χ0n) is 12.5. The summed E-state index contributed by atoms with van der Waals surface area (Å²) in [7, 11) is 1.34. The van der Waals surface area contributed by atoms with Crippen LogP contribution >= 0.6 is 0 Å². The molecule has 0 amide bonds. The van der Waals surface area contributed by atoms with Crippen molar-refractivity contribution in [2.45, 2.75) is 33.8 Å². The van der Waals surface area contributed by atoms with E-state index in [4.69, 9.17) is 4.74 Å². The maximum Gasteiger partial charge on any atom is 0.337 e. The van der Waals surface area contributed by atoms with Crippen LogP contribution in [0.2, 0.25) is 0 Å². The average molecular weight is 278 g/mol. The highest BCUT2D eigenvalue weighted by Gasteiger charge is 2.16. The third-order valence-electron chi connectivity index (χ3n) is 2.98. The van der Waals surface area contributed by atoms with Gasteiger partial charge >= 0.3 is 11.9 Å². The first-order valence-electron chi connectivity index (χ1n) is 6.78. The van der Waals surface area contributed by atoms with E-state index in [1.54, 1.807) is 24.3 Å². The van der Waals surface area contributed by atoms with Crippen LogP contribution in [-0.4, -0.2) is 19.0 Å². The van der Waals surface area contributed by atoms with Crippen LogP contribution in [0.15, 0.2) is 24.3 Å². The van der Waals surface area contributed by atoms with Gasteiger partial charge in [0.2, 0.25) is 0 Å². The lowest BCUT2D eigenvalue weighted by molar-refractivity contribution is -0.149. The van der Waals surface area contributed by atoms with Gasteiger partial charge in [-0.05, 0) is 30.0 Å². The minimum absolute atomic E-state index is 0.0932. The maximum absolute atomic E-state index is 11.8. The number of carbonyl (C=O) groups excluding carboxylic acids is 2. The van der Waals surface area contributed by atoms with Crippen molar-refractivity contribution in [1.29, 1.82) is 0 Å². The molecule has 0 saturated heterocycles. The van der Waals surface area contributed by atoms with Crippen molar-refractivity contribution < 1.29 is 19.1 Å². The first-order valence-corrected chi connectivity index (χ1v) is 6.78. The third kappa shape index (κ3) is 5.03. The fraction of sp³-hybridized carbons (Fsp3) is 0.500. The Balaban J connectivity index is 2.49. The number of hydrogen-bond donors (Lipinski definition) is 0. The van der Waals surface area contributed by atoms with E-state index in [1.807, 2.05) is 6.92 Å². The normalized spacial score (nSPS) is 12.1. The molecule has 4 heteroatoms. The highest BCUT2D eigenvalue weighted by molar-refractivity contribution is 5.89. The smallest absolute Gasteiger partial charge is 0.337 e. The van der Waals surface area contributed by atoms with Crippen LogP contribution in [0, 0.1) is 11.8 Å². The van der Waals surface area contributed by atoms with Crippen LogP contribution in [0.25, 0.3) is 0 Å². The van der Waals surface area contributed by atoms with E-state index in [0.717, 1.165) is 12.0 Å². The Bertz CT molecular complexity index is 448. The van der Waals surface area contributed by atoms with Gasteiger partial charge in [-0.25, -0.2) is 4.79 Å². The number of esters is 2. The molecule has 1 aromatic carbocycles. The molecule has 0 radical (unpaired) electrons. The summed E-state index contributed by atoms with van der Waals surface area (Å²) in [5.74, 6) is -0.184. The topological polar surface area (TPSA) is 52.6 Å². The van der Waals surface area contributed by atoms with E-state index in [-0.39, 0.29) is 24.5 Å². The van der Waals surface area contributed by atoms with Gasteiger partial charge in [0.25, 0.3) is 0 Å². The highest BCUT2D eigenvalue weighted by atomic mass is 16.5. The SMILES string of the molecule is COC(=O)c1ccc(COC(=O)C(C)CC(C)C)cc1. The van der Waals surface area contributed by atoms with E-state index < -0.39 is 0 Å². The Hall–Kier alpha value is -1.84. The molecule has 0 heterocycles. The van der Waals surface area contributed by atoms with Crippen molar-refractivity contribution in [3.63, 3.8) is 0 Å². The quantitative estimate of drug-likeness (QED) is 0.750. The lowest BCUT2D eigenvalue weighted by atomic mass is 9.99. The number of carbonyl (C=O) groups is 2. The zero-order chi connectivity index (χ0) is 15.1. The number of rotatable bonds is 6. The van der Waals surface area contributed by atoms with E-state index >= 15 is 0 Å². The minimum Gasteiger partial charge on any atom is -0.465 e. The molecule has 20 heavy (non-hydrogen) atoms. The van der Waals surface area contributed by atoms with Crippen molar-refractivity contribution in [2.24, 2.45) is 11.8 Å². The predicted octanol–water partition coefficient (Wildman–Crippen LogP) is 3.20. The molecule has 0 fully saturated rings. The van der Waals surface area contributed by atoms with Gasteiger partial charge in [0.1, 0.15) is 6.61 Å². The first-order chi connectivity index (χ1) is 9.43. The number of hydrogen-bond acceptors (Lipinski definition) is 4. The number of benzene rings is 1. The van der Waals surface area contributed by atoms with Crippen LogP contribution < -0.4 is 0 Å². The summed E-state index contributed by atoms with van der Waals surface area (Å²) in [5.41, 5.74) is 1.33. The van der Waals surface area contributed by atoms with Gasteiger partial charge < -0.3 is 9.47 Å². The van der Waals surface area contributed by atoms with E-state index in [2.05, 4.69) is 18.6 Å². The Kier molecular flexibility index (Phi) is 6.22. The van der Waals surface area contributed by atoms with Crippen molar-refractivity contribution in [1.82, 2.24) is 0 Å². The van der Waals surface area contributed by atoms with Crippen molar-refractivity contribution in [2.75, 3.05) is 7.11 Å². The van der Waals surface area contributed by atoms with Gasteiger partial charge in [0, 0.05) is 0 Å². The molecule has 1 atom stereocenters. The lowest BCUT2D eigenvalue weighted by Gasteiger charge is -2.13.